The van der Waals surface area contributed by atoms with Crippen LogP contribution in [0.25, 0.3) is 0 Å². The van der Waals surface area contributed by atoms with E-state index in [9.17, 15) is 24.8 Å². The SMILES string of the molecule is C[C@@H]1[C@@H]([Si](C)(C)F)[C@H](CCn2cc(C(CO)c3ccccc3)nn2)O[C@@]12C(=O)N(Cc1ccc(NC(=O)C3CCCNC3)cc1)c1ccc([N+](=O)[O-])cc12. The molecule has 3 N–H and O–H groups in total. The molecule has 2 amide bonds. The summed E-state index contributed by atoms with van der Waals surface area (Å²) < 4.78 is 24.9. The van der Waals surface area contributed by atoms with Crippen molar-refractivity contribution >= 4 is 37.3 Å². The number of benzene rings is 3. The van der Waals surface area contributed by atoms with Crippen LogP contribution in [-0.2, 0) is 33.0 Å². The molecule has 2 fully saturated rings. The number of nitro benzene ring substituents is 1. The molecule has 7 rings (SSSR count). The third-order valence-electron chi connectivity index (χ3n) is 11.3. The lowest BCUT2D eigenvalue weighted by molar-refractivity contribution is -0.385. The molecule has 284 valence electrons. The van der Waals surface area contributed by atoms with Crippen LogP contribution >= 0.6 is 0 Å². The minimum Gasteiger partial charge on any atom is -0.395 e. The fourth-order valence-corrected chi connectivity index (χ4v) is 11.2. The average molecular weight is 756 g/mol. The number of nitrogens with one attached hydrogen (secondary N) is 2. The molecule has 1 aromatic heterocycles. The maximum Gasteiger partial charge on any atom is 0.269 e. The first-order valence-electron chi connectivity index (χ1n) is 18.5. The quantitative estimate of drug-likeness (QED) is 0.0717. The first kappa shape index (κ1) is 37.5. The Bertz CT molecular complexity index is 2000. The second-order valence-electron chi connectivity index (χ2n) is 15.2. The molecule has 2 unspecified atom stereocenters. The number of halogens is 1. The summed E-state index contributed by atoms with van der Waals surface area (Å²) in [6.07, 6.45) is 3.17. The highest BCUT2D eigenvalue weighted by Gasteiger charge is 2.67. The van der Waals surface area contributed by atoms with E-state index in [1.54, 1.807) is 47.1 Å². The number of carbonyl (C=O) groups is 2. The van der Waals surface area contributed by atoms with Crippen molar-refractivity contribution in [1.82, 2.24) is 20.3 Å². The van der Waals surface area contributed by atoms with Crippen molar-refractivity contribution in [3.8, 4) is 0 Å². The number of non-ortho nitro benzene ring substituents is 1. The van der Waals surface area contributed by atoms with Crippen molar-refractivity contribution in [2.75, 3.05) is 29.9 Å². The normalized spacial score (nSPS) is 24.5. The second kappa shape index (κ2) is 15.1. The summed E-state index contributed by atoms with van der Waals surface area (Å²) in [5.41, 5.74) is 1.32. The van der Waals surface area contributed by atoms with Gasteiger partial charge in [-0.3, -0.25) is 24.4 Å². The molecule has 3 aliphatic rings. The van der Waals surface area contributed by atoms with Crippen LogP contribution in [0.1, 0.15) is 54.5 Å². The van der Waals surface area contributed by atoms with Crippen LogP contribution in [-0.4, -0.2) is 71.0 Å². The third-order valence-corrected chi connectivity index (χ3v) is 13.8. The predicted octanol–water partition coefficient (Wildman–Crippen LogP) is 5.66. The number of hydrogen-bond donors (Lipinski definition) is 3. The lowest BCUT2D eigenvalue weighted by Crippen LogP contribution is -2.45. The van der Waals surface area contributed by atoms with Gasteiger partial charge in [0, 0.05) is 54.1 Å². The van der Waals surface area contributed by atoms with E-state index in [2.05, 4.69) is 20.9 Å². The topological polar surface area (TPSA) is 165 Å². The zero-order chi connectivity index (χ0) is 38.2. The van der Waals surface area contributed by atoms with Gasteiger partial charge in [-0.15, -0.1) is 5.10 Å². The molecule has 0 bridgehead atoms. The van der Waals surface area contributed by atoms with Gasteiger partial charge in [-0.1, -0.05) is 54.6 Å². The number of carbonyl (C=O) groups excluding carboxylic acids is 2. The summed E-state index contributed by atoms with van der Waals surface area (Å²) >= 11 is 0. The molecular formula is C39H46FN7O6Si. The molecule has 0 aliphatic carbocycles. The van der Waals surface area contributed by atoms with Gasteiger partial charge >= 0.3 is 0 Å². The first-order valence-corrected chi connectivity index (χ1v) is 21.5. The number of aromatic nitrogens is 3. The number of ether oxygens (including phenoxy) is 1. The molecule has 1 spiro atoms. The predicted molar refractivity (Wildman–Crippen MR) is 203 cm³/mol. The van der Waals surface area contributed by atoms with Gasteiger partial charge in [0.2, 0.25) is 14.3 Å². The van der Waals surface area contributed by atoms with Gasteiger partial charge in [0.05, 0.1) is 47.4 Å². The number of aryl methyl sites for hydroxylation is 1. The Morgan fingerprint density at radius 1 is 1.19 bits per heavy atom. The van der Waals surface area contributed by atoms with E-state index in [1.165, 1.54) is 12.1 Å². The maximum atomic E-state index is 16.4. The summed E-state index contributed by atoms with van der Waals surface area (Å²) in [6.45, 7) is 6.90. The zero-order valence-electron chi connectivity index (χ0n) is 30.7. The van der Waals surface area contributed by atoms with Gasteiger partial charge in [0.25, 0.3) is 11.6 Å². The molecule has 3 aliphatic heterocycles. The molecule has 54 heavy (non-hydrogen) atoms. The molecular weight excluding hydrogens is 710 g/mol. The Balaban J connectivity index is 1.14. The summed E-state index contributed by atoms with van der Waals surface area (Å²) in [7, 11) is -3.51. The first-order chi connectivity index (χ1) is 25.9. The Morgan fingerprint density at radius 3 is 2.61 bits per heavy atom. The summed E-state index contributed by atoms with van der Waals surface area (Å²) in [5.74, 6) is -1.52. The highest BCUT2D eigenvalue weighted by Crippen LogP contribution is 2.60. The minimum atomic E-state index is -3.51. The molecule has 4 heterocycles. The Hall–Kier alpha value is -4.83. The Morgan fingerprint density at radius 2 is 1.94 bits per heavy atom. The smallest absolute Gasteiger partial charge is 0.269 e. The standard InChI is InChI=1S/C39H46FN7O6Si/c1-25-36(54(2,3)40)35(17-19-45-23-33(43-44-45)31(24-48)27-8-5-4-6-9-27)53-39(25)32-20-30(47(51)52)15-16-34(32)46(38(39)50)22-26-11-13-29(14-12-26)42-37(49)28-10-7-18-41-21-28/h4-6,8-9,11-16,20,23,25,28,31,35-36,41,48H,7,10,17-19,21-22,24H2,1-3H3,(H,42,49)/t25-,28?,31?,35+,36-,39+/m1/s1. The Labute approximate surface area is 314 Å². The van der Waals surface area contributed by atoms with Crippen molar-refractivity contribution in [2.45, 2.75) is 75.5 Å². The van der Waals surface area contributed by atoms with Crippen LogP contribution in [0.2, 0.25) is 18.6 Å². The van der Waals surface area contributed by atoms with E-state index in [1.807, 2.05) is 49.4 Å². The number of amides is 2. The largest absolute Gasteiger partial charge is 0.395 e. The number of nitro groups is 1. The molecule has 15 heteroatoms. The lowest BCUT2D eigenvalue weighted by Gasteiger charge is -2.31. The second-order valence-corrected chi connectivity index (χ2v) is 19.0. The van der Waals surface area contributed by atoms with E-state index in [-0.39, 0.29) is 36.6 Å². The summed E-state index contributed by atoms with van der Waals surface area (Å²) in [6, 6.07) is 21.1. The van der Waals surface area contributed by atoms with Crippen molar-refractivity contribution < 1.29 is 28.5 Å². The van der Waals surface area contributed by atoms with E-state index in [4.69, 9.17) is 4.74 Å². The fourth-order valence-electron chi connectivity index (χ4n) is 8.67. The molecule has 0 radical (unpaired) electrons. The van der Waals surface area contributed by atoms with Crippen molar-refractivity contribution in [1.29, 1.82) is 0 Å². The fraction of sp³-hybridized carbons (Fsp3) is 0.436. The third kappa shape index (κ3) is 7.08. The van der Waals surface area contributed by atoms with E-state index in [0.29, 0.717) is 42.1 Å². The lowest BCUT2D eigenvalue weighted by atomic mass is 9.82. The number of aliphatic hydroxyl groups excluding tert-OH is 1. The Kier molecular flexibility index (Phi) is 10.5. The summed E-state index contributed by atoms with van der Waals surface area (Å²) in [4.78, 5) is 40.7. The maximum absolute atomic E-state index is 16.4. The van der Waals surface area contributed by atoms with E-state index >= 15 is 4.11 Å². The monoisotopic (exact) mass is 755 g/mol. The molecule has 6 atom stereocenters. The average Bonchev–Trinajstić information content (AvgIpc) is 3.82. The zero-order valence-corrected chi connectivity index (χ0v) is 31.7. The van der Waals surface area contributed by atoms with Crippen molar-refractivity contribution in [3.63, 3.8) is 0 Å². The molecule has 2 saturated heterocycles. The molecule has 0 saturated carbocycles. The van der Waals surface area contributed by atoms with Gasteiger partial charge in [-0.2, -0.15) is 0 Å². The van der Waals surface area contributed by atoms with Gasteiger partial charge in [-0.05, 0) is 68.2 Å². The number of nitrogens with zero attached hydrogens (tertiary/aromatic N) is 5. The highest BCUT2D eigenvalue weighted by atomic mass is 28.4. The van der Waals surface area contributed by atoms with Crippen LogP contribution in [0.5, 0.6) is 0 Å². The molecule has 13 nitrogen and oxygen atoms in total. The highest BCUT2D eigenvalue weighted by molar-refractivity contribution is 6.72. The number of hydrogen-bond acceptors (Lipinski definition) is 9. The van der Waals surface area contributed by atoms with E-state index in [0.717, 1.165) is 30.5 Å². The number of piperidine rings is 1. The van der Waals surface area contributed by atoms with Gasteiger partial charge in [-0.25, -0.2) is 0 Å². The number of rotatable bonds is 12. The minimum absolute atomic E-state index is 0.0382. The number of anilines is 2. The van der Waals surface area contributed by atoms with Crippen LogP contribution in [0.4, 0.5) is 21.2 Å². The molecule has 4 aromatic rings. The van der Waals surface area contributed by atoms with Crippen LogP contribution in [0.3, 0.4) is 0 Å². The molecule has 3 aromatic carbocycles. The van der Waals surface area contributed by atoms with Crippen LogP contribution in [0.15, 0.2) is 79.0 Å². The van der Waals surface area contributed by atoms with Gasteiger partial charge in [0.1, 0.15) is 0 Å². The van der Waals surface area contributed by atoms with Gasteiger partial charge in [0.15, 0.2) is 5.60 Å². The van der Waals surface area contributed by atoms with Crippen molar-refractivity contribution in [2.24, 2.45) is 11.8 Å². The van der Waals surface area contributed by atoms with Crippen molar-refractivity contribution in [3.05, 3.63) is 111 Å². The number of fused-ring (bicyclic) bond motifs is 2. The van der Waals surface area contributed by atoms with Crippen LogP contribution < -0.4 is 15.5 Å². The van der Waals surface area contributed by atoms with Gasteiger partial charge < -0.3 is 29.5 Å². The summed E-state index contributed by atoms with van der Waals surface area (Å²) in [5, 5.41) is 37.0. The number of aliphatic hydroxyl groups is 1. The van der Waals surface area contributed by atoms with Crippen LogP contribution in [0, 0.1) is 22.0 Å². The van der Waals surface area contributed by atoms with E-state index < -0.39 is 42.4 Å².